The summed E-state index contributed by atoms with van der Waals surface area (Å²) in [6, 6.07) is 11.8. The Morgan fingerprint density at radius 3 is 2.23 bits per heavy atom. The quantitative estimate of drug-likeness (QED) is 0.616. The summed E-state index contributed by atoms with van der Waals surface area (Å²) in [7, 11) is 0. The third-order valence-electron chi connectivity index (χ3n) is 4.98. The second-order valence-electron chi connectivity index (χ2n) is 6.60. The Kier molecular flexibility index (Phi) is 3.96. The van der Waals surface area contributed by atoms with Crippen LogP contribution in [0.2, 0.25) is 0 Å². The smallest absolute Gasteiger partial charge is 0.331 e. The zero-order chi connectivity index (χ0) is 18.3. The molecule has 0 fully saturated rings. The molecule has 0 bridgehead atoms. The van der Waals surface area contributed by atoms with E-state index < -0.39 is 0 Å². The van der Waals surface area contributed by atoms with Crippen molar-refractivity contribution >= 4 is 34.7 Å². The lowest BCUT2D eigenvalue weighted by molar-refractivity contribution is -0.113. The number of rotatable bonds is 3. The predicted molar refractivity (Wildman–Crippen MR) is 107 cm³/mol. The largest absolute Gasteiger partial charge is 0.389 e. The molecule has 0 atom stereocenters. The molecular formula is C22H18BNO2. The monoisotopic (exact) mass is 339 g/mol. The van der Waals surface area contributed by atoms with Crippen molar-refractivity contribution in [2.75, 3.05) is 0 Å². The van der Waals surface area contributed by atoms with Gasteiger partial charge in [-0.1, -0.05) is 48.6 Å². The molecule has 26 heavy (non-hydrogen) atoms. The van der Waals surface area contributed by atoms with Crippen molar-refractivity contribution in [2.45, 2.75) is 13.8 Å². The van der Waals surface area contributed by atoms with Crippen LogP contribution in [0.15, 0.2) is 78.6 Å². The third-order valence-corrected chi connectivity index (χ3v) is 4.98. The van der Waals surface area contributed by atoms with Gasteiger partial charge >= 0.3 is 6.85 Å². The third kappa shape index (κ3) is 2.55. The van der Waals surface area contributed by atoms with Gasteiger partial charge < -0.3 is 4.81 Å². The highest BCUT2D eigenvalue weighted by Crippen LogP contribution is 2.35. The van der Waals surface area contributed by atoms with E-state index in [0.29, 0.717) is 0 Å². The first-order chi connectivity index (χ1) is 12.6. The van der Waals surface area contributed by atoms with Gasteiger partial charge in [0, 0.05) is 5.56 Å². The van der Waals surface area contributed by atoms with Gasteiger partial charge in [-0.15, -0.1) is 0 Å². The number of hydrogen-bond donors (Lipinski definition) is 0. The van der Waals surface area contributed by atoms with Crippen molar-refractivity contribution in [2.24, 2.45) is 0 Å². The number of allylic oxidation sites excluding steroid dienone is 5. The molecule has 0 saturated carbocycles. The standard InChI is InChI=1S/C22H18BNO2/c1-15(25)17-11-12-20(19-8-4-3-7-18(17)19)22-10-6-14-24-13-5-9-21(16(2)26)23(22)24/h3-14H,1-2H3. The van der Waals surface area contributed by atoms with E-state index in [1.165, 1.54) is 0 Å². The summed E-state index contributed by atoms with van der Waals surface area (Å²) in [4.78, 5) is 26.3. The Morgan fingerprint density at radius 2 is 1.54 bits per heavy atom. The fourth-order valence-corrected chi connectivity index (χ4v) is 3.79. The van der Waals surface area contributed by atoms with E-state index in [2.05, 4.69) is 10.9 Å². The van der Waals surface area contributed by atoms with Crippen molar-refractivity contribution in [3.63, 3.8) is 0 Å². The molecule has 126 valence electrons. The van der Waals surface area contributed by atoms with Gasteiger partial charge in [-0.3, -0.25) is 9.59 Å². The van der Waals surface area contributed by atoms with Crippen LogP contribution in [0.25, 0.3) is 16.2 Å². The molecule has 2 aliphatic rings. The summed E-state index contributed by atoms with van der Waals surface area (Å²) >= 11 is 0. The fraction of sp³-hybridized carbons (Fsp3) is 0.0909. The van der Waals surface area contributed by atoms with Crippen LogP contribution in [0.1, 0.15) is 29.8 Å². The van der Waals surface area contributed by atoms with Crippen LogP contribution in [0.4, 0.5) is 0 Å². The van der Waals surface area contributed by atoms with Crippen LogP contribution in [-0.4, -0.2) is 23.2 Å². The van der Waals surface area contributed by atoms with Crippen LogP contribution in [0.3, 0.4) is 0 Å². The van der Waals surface area contributed by atoms with E-state index >= 15 is 0 Å². The highest BCUT2D eigenvalue weighted by Gasteiger charge is 2.35. The summed E-state index contributed by atoms with van der Waals surface area (Å²) in [5.41, 5.74) is 3.60. The maximum Gasteiger partial charge on any atom is 0.331 e. The minimum atomic E-state index is -0.144. The lowest BCUT2D eigenvalue weighted by Crippen LogP contribution is -2.40. The molecule has 2 aromatic carbocycles. The Hall–Kier alpha value is -3.14. The molecule has 0 radical (unpaired) electrons. The summed E-state index contributed by atoms with van der Waals surface area (Å²) < 4.78 is 0. The number of carbonyl (C=O) groups excluding carboxylic acids is 2. The maximum atomic E-state index is 12.2. The van der Waals surface area contributed by atoms with Gasteiger partial charge in [-0.2, -0.15) is 0 Å². The number of carbonyl (C=O) groups is 2. The van der Waals surface area contributed by atoms with Crippen LogP contribution in [0.5, 0.6) is 0 Å². The van der Waals surface area contributed by atoms with Gasteiger partial charge in [0.2, 0.25) is 0 Å². The second-order valence-corrected chi connectivity index (χ2v) is 6.60. The van der Waals surface area contributed by atoms with Gasteiger partial charge in [0.1, 0.15) is 5.78 Å². The molecule has 0 amide bonds. The normalized spacial score (nSPS) is 15.6. The number of Topliss-reactive ketones (excluding diaryl/α,β-unsaturated/α-hetero) is 2. The van der Waals surface area contributed by atoms with E-state index in [0.717, 1.165) is 32.8 Å². The average molecular weight is 339 g/mol. The highest BCUT2D eigenvalue weighted by molar-refractivity contribution is 6.87. The van der Waals surface area contributed by atoms with E-state index in [1.54, 1.807) is 13.8 Å². The van der Waals surface area contributed by atoms with Gasteiger partial charge in [0.15, 0.2) is 5.78 Å². The summed E-state index contributed by atoms with van der Waals surface area (Å²) in [6.07, 6.45) is 11.8. The van der Waals surface area contributed by atoms with E-state index in [9.17, 15) is 9.59 Å². The van der Waals surface area contributed by atoms with E-state index in [-0.39, 0.29) is 18.4 Å². The van der Waals surface area contributed by atoms with Gasteiger partial charge in [0.25, 0.3) is 0 Å². The number of nitrogens with zero attached hydrogens (tertiary/aromatic N) is 1. The first kappa shape index (κ1) is 16.3. The van der Waals surface area contributed by atoms with Crippen molar-refractivity contribution in [3.05, 3.63) is 89.7 Å². The highest BCUT2D eigenvalue weighted by atomic mass is 16.1. The van der Waals surface area contributed by atoms with Gasteiger partial charge in [0.05, 0.1) is 0 Å². The average Bonchev–Trinajstić information content (AvgIpc) is 2.66. The molecule has 4 heteroatoms. The van der Waals surface area contributed by atoms with Gasteiger partial charge in [-0.25, -0.2) is 0 Å². The van der Waals surface area contributed by atoms with E-state index in [4.69, 9.17) is 0 Å². The number of hydrogen-bond acceptors (Lipinski definition) is 3. The Bertz CT molecular complexity index is 1060. The second kappa shape index (κ2) is 6.30. The zero-order valence-corrected chi connectivity index (χ0v) is 14.8. The topological polar surface area (TPSA) is 37.4 Å². The lowest BCUT2D eigenvalue weighted by Gasteiger charge is -2.33. The molecule has 3 nitrogen and oxygen atoms in total. The maximum absolute atomic E-state index is 12.2. The van der Waals surface area contributed by atoms with Crippen LogP contribution in [-0.2, 0) is 4.79 Å². The fourth-order valence-electron chi connectivity index (χ4n) is 3.79. The van der Waals surface area contributed by atoms with Crippen LogP contribution < -0.4 is 0 Å². The minimum absolute atomic E-state index is 0.0526. The number of benzene rings is 2. The van der Waals surface area contributed by atoms with Crippen molar-refractivity contribution in [3.8, 4) is 0 Å². The molecule has 4 rings (SSSR count). The molecule has 2 heterocycles. The number of fused-ring (bicyclic) bond motifs is 2. The van der Waals surface area contributed by atoms with Crippen molar-refractivity contribution in [1.29, 1.82) is 0 Å². The molecule has 2 aliphatic heterocycles. The first-order valence-electron chi connectivity index (χ1n) is 8.66. The molecule has 0 unspecified atom stereocenters. The SMILES string of the molecule is CC(=O)C1=CC=CN2C=CC=C(c3ccc(C(C)=O)c4ccccc34)B12. The predicted octanol–water partition coefficient (Wildman–Crippen LogP) is 4.37. The lowest BCUT2D eigenvalue weighted by atomic mass is 9.44. The molecule has 2 aromatic rings. The molecule has 0 N–H and O–H groups in total. The van der Waals surface area contributed by atoms with Gasteiger partial charge in [-0.05, 0) is 65.7 Å². The molecule has 0 aliphatic carbocycles. The zero-order valence-electron chi connectivity index (χ0n) is 14.8. The van der Waals surface area contributed by atoms with Crippen LogP contribution >= 0.6 is 0 Å². The van der Waals surface area contributed by atoms with E-state index in [1.807, 2.05) is 67.0 Å². The molecular weight excluding hydrogens is 321 g/mol. The molecule has 0 aromatic heterocycles. The summed E-state index contributed by atoms with van der Waals surface area (Å²) in [5.74, 6) is 0.118. The Labute approximate surface area is 153 Å². The molecule has 0 saturated heterocycles. The summed E-state index contributed by atoms with van der Waals surface area (Å²) in [6.45, 7) is 3.05. The summed E-state index contributed by atoms with van der Waals surface area (Å²) in [5, 5.41) is 1.97. The number of ketones is 2. The minimum Gasteiger partial charge on any atom is -0.389 e. The molecule has 0 spiro atoms. The van der Waals surface area contributed by atoms with Crippen LogP contribution in [0, 0.1) is 0 Å². The van der Waals surface area contributed by atoms with Crippen molar-refractivity contribution in [1.82, 2.24) is 4.81 Å². The Balaban J connectivity index is 1.94. The Morgan fingerprint density at radius 1 is 0.846 bits per heavy atom. The first-order valence-corrected chi connectivity index (χ1v) is 8.66. The van der Waals surface area contributed by atoms with Crippen molar-refractivity contribution < 1.29 is 9.59 Å².